The SMILES string of the molecule is CC1CCC(C(C)C2CCC3C4CC(=O)C5CC(=O)CCC5(C)C4CCC23C)N(C)C1. The van der Waals surface area contributed by atoms with Crippen molar-refractivity contribution in [1.29, 1.82) is 0 Å². The first-order valence-electron chi connectivity index (χ1n) is 13.4. The van der Waals surface area contributed by atoms with E-state index in [2.05, 4.69) is 39.6 Å². The number of ketones is 2. The molecule has 0 radical (unpaired) electrons. The van der Waals surface area contributed by atoms with Gasteiger partial charge in [-0.15, -0.1) is 0 Å². The fraction of sp³-hybridized carbons (Fsp3) is 0.929. The summed E-state index contributed by atoms with van der Waals surface area (Å²) in [6, 6.07) is 0.730. The van der Waals surface area contributed by atoms with Gasteiger partial charge in [0.25, 0.3) is 0 Å². The second-order valence-corrected chi connectivity index (χ2v) is 13.1. The maximum absolute atomic E-state index is 13.3. The van der Waals surface area contributed by atoms with Crippen LogP contribution < -0.4 is 0 Å². The lowest BCUT2D eigenvalue weighted by Crippen LogP contribution is -2.57. The van der Waals surface area contributed by atoms with E-state index in [0.717, 1.165) is 36.6 Å². The minimum Gasteiger partial charge on any atom is -0.303 e. The Labute approximate surface area is 190 Å². The number of Topliss-reactive ketones (excluding diaryl/α,β-unsaturated/α-hetero) is 2. The molecule has 0 bridgehead atoms. The second-order valence-electron chi connectivity index (χ2n) is 13.1. The Hall–Kier alpha value is -0.700. The van der Waals surface area contributed by atoms with E-state index in [9.17, 15) is 9.59 Å². The molecular formula is C28H45NO2. The van der Waals surface area contributed by atoms with E-state index in [0.29, 0.717) is 47.6 Å². The van der Waals surface area contributed by atoms with Gasteiger partial charge in [0, 0.05) is 37.8 Å². The molecule has 5 aliphatic rings. The van der Waals surface area contributed by atoms with E-state index in [-0.39, 0.29) is 11.3 Å². The summed E-state index contributed by atoms with van der Waals surface area (Å²) in [7, 11) is 2.35. The van der Waals surface area contributed by atoms with Gasteiger partial charge in [0.1, 0.15) is 11.6 Å². The summed E-state index contributed by atoms with van der Waals surface area (Å²) in [5.74, 6) is 5.11. The van der Waals surface area contributed by atoms with Gasteiger partial charge >= 0.3 is 0 Å². The van der Waals surface area contributed by atoms with E-state index in [1.165, 1.54) is 45.1 Å². The zero-order valence-corrected chi connectivity index (χ0v) is 20.7. The highest BCUT2D eigenvalue weighted by molar-refractivity contribution is 5.90. The number of hydrogen-bond acceptors (Lipinski definition) is 3. The molecule has 3 heteroatoms. The van der Waals surface area contributed by atoms with Gasteiger partial charge in [0.15, 0.2) is 0 Å². The number of likely N-dealkylation sites (tertiary alicyclic amines) is 1. The van der Waals surface area contributed by atoms with Crippen LogP contribution in [0.5, 0.6) is 0 Å². The van der Waals surface area contributed by atoms with Crippen molar-refractivity contribution in [3.63, 3.8) is 0 Å². The minimum atomic E-state index is 0.0216. The molecule has 4 saturated carbocycles. The van der Waals surface area contributed by atoms with Crippen molar-refractivity contribution in [2.75, 3.05) is 13.6 Å². The van der Waals surface area contributed by atoms with Crippen LogP contribution in [0.1, 0.15) is 91.9 Å². The molecule has 0 aromatic carbocycles. The third kappa shape index (κ3) is 3.30. The lowest BCUT2D eigenvalue weighted by molar-refractivity contribution is -0.159. The monoisotopic (exact) mass is 427 g/mol. The van der Waals surface area contributed by atoms with Crippen LogP contribution in [0.25, 0.3) is 0 Å². The molecule has 0 spiro atoms. The molecule has 1 heterocycles. The zero-order valence-electron chi connectivity index (χ0n) is 20.7. The third-order valence-electron chi connectivity index (χ3n) is 11.7. The largest absolute Gasteiger partial charge is 0.303 e. The van der Waals surface area contributed by atoms with Crippen LogP contribution in [0.15, 0.2) is 0 Å². The molecule has 4 aliphatic carbocycles. The van der Waals surface area contributed by atoms with Crippen LogP contribution in [-0.4, -0.2) is 36.1 Å². The molecule has 5 rings (SSSR count). The third-order valence-corrected chi connectivity index (χ3v) is 11.7. The Bertz CT molecular complexity index is 747. The molecule has 5 fully saturated rings. The lowest BCUT2D eigenvalue weighted by Gasteiger charge is -2.60. The van der Waals surface area contributed by atoms with Crippen molar-refractivity contribution in [1.82, 2.24) is 4.90 Å². The van der Waals surface area contributed by atoms with Crippen molar-refractivity contribution in [2.45, 2.75) is 97.9 Å². The zero-order chi connectivity index (χ0) is 22.1. The highest BCUT2D eigenvalue weighted by atomic mass is 16.1. The predicted octanol–water partition coefficient (Wildman–Crippen LogP) is 5.76. The quantitative estimate of drug-likeness (QED) is 0.562. The van der Waals surface area contributed by atoms with E-state index < -0.39 is 0 Å². The fourth-order valence-corrected chi connectivity index (χ4v) is 10.1. The number of rotatable bonds is 2. The second kappa shape index (κ2) is 7.67. The number of piperidine rings is 1. The number of fused-ring (bicyclic) bond motifs is 5. The standard InChI is InChI=1S/C28H45NO2/c1-17-6-9-25(29(5)16-17)18(2)21-7-8-22-20-15-26(31)24-14-19(30)10-12-28(24,4)23(20)11-13-27(21,22)3/h17-18,20-25H,6-16H2,1-5H3. The first-order chi connectivity index (χ1) is 14.6. The summed E-state index contributed by atoms with van der Waals surface area (Å²) >= 11 is 0. The van der Waals surface area contributed by atoms with Gasteiger partial charge in [0.05, 0.1) is 0 Å². The average Bonchev–Trinajstić information content (AvgIpc) is 3.06. The Balaban J connectivity index is 1.38. The smallest absolute Gasteiger partial charge is 0.137 e. The lowest BCUT2D eigenvalue weighted by atomic mass is 9.44. The van der Waals surface area contributed by atoms with E-state index >= 15 is 0 Å². The fourth-order valence-electron chi connectivity index (χ4n) is 10.1. The van der Waals surface area contributed by atoms with Crippen molar-refractivity contribution in [3.05, 3.63) is 0 Å². The molecular weight excluding hydrogens is 382 g/mol. The van der Waals surface area contributed by atoms with Gasteiger partial charge in [-0.2, -0.15) is 0 Å². The van der Waals surface area contributed by atoms with Crippen LogP contribution in [-0.2, 0) is 9.59 Å². The van der Waals surface area contributed by atoms with Gasteiger partial charge in [-0.05, 0) is 98.3 Å². The first kappa shape index (κ1) is 22.1. The van der Waals surface area contributed by atoms with Crippen LogP contribution in [0.3, 0.4) is 0 Å². The Morgan fingerprint density at radius 1 is 0.935 bits per heavy atom. The van der Waals surface area contributed by atoms with Crippen molar-refractivity contribution >= 4 is 11.6 Å². The number of carbonyl (C=O) groups excluding carboxylic acids is 2. The molecule has 10 atom stereocenters. The van der Waals surface area contributed by atoms with E-state index in [1.807, 2.05) is 0 Å². The Morgan fingerprint density at radius 3 is 2.42 bits per heavy atom. The molecule has 1 aliphatic heterocycles. The van der Waals surface area contributed by atoms with Gasteiger partial charge in [-0.1, -0.05) is 27.7 Å². The summed E-state index contributed by atoms with van der Waals surface area (Å²) in [4.78, 5) is 28.1. The highest BCUT2D eigenvalue weighted by Gasteiger charge is 2.62. The van der Waals surface area contributed by atoms with E-state index in [4.69, 9.17) is 0 Å². The molecule has 0 aromatic rings. The molecule has 0 N–H and O–H groups in total. The number of nitrogens with zero attached hydrogens (tertiary/aromatic N) is 1. The Kier molecular flexibility index (Phi) is 5.47. The van der Waals surface area contributed by atoms with Crippen LogP contribution >= 0.6 is 0 Å². The summed E-state index contributed by atoms with van der Waals surface area (Å²) in [6.07, 6.45) is 11.0. The Morgan fingerprint density at radius 2 is 1.68 bits per heavy atom. The van der Waals surface area contributed by atoms with Crippen molar-refractivity contribution < 1.29 is 9.59 Å². The van der Waals surface area contributed by atoms with E-state index in [1.54, 1.807) is 0 Å². The molecule has 1 saturated heterocycles. The van der Waals surface area contributed by atoms with Gasteiger partial charge in [0.2, 0.25) is 0 Å². The van der Waals surface area contributed by atoms with Crippen molar-refractivity contribution in [3.8, 4) is 0 Å². The summed E-state index contributed by atoms with van der Waals surface area (Å²) in [6.45, 7) is 11.2. The van der Waals surface area contributed by atoms with Gasteiger partial charge < -0.3 is 4.90 Å². The molecule has 0 aromatic heterocycles. The summed E-state index contributed by atoms with van der Waals surface area (Å²) < 4.78 is 0. The summed E-state index contributed by atoms with van der Waals surface area (Å²) in [5, 5.41) is 0. The first-order valence-corrected chi connectivity index (χ1v) is 13.4. The topological polar surface area (TPSA) is 37.4 Å². The minimum absolute atomic E-state index is 0.0216. The van der Waals surface area contributed by atoms with Crippen molar-refractivity contribution in [2.24, 2.45) is 52.3 Å². The normalized spacial score (nSPS) is 51.7. The van der Waals surface area contributed by atoms with Crippen LogP contribution in [0.4, 0.5) is 0 Å². The maximum atomic E-state index is 13.3. The number of hydrogen-bond donors (Lipinski definition) is 0. The van der Waals surface area contributed by atoms with Gasteiger partial charge in [-0.25, -0.2) is 0 Å². The molecule has 31 heavy (non-hydrogen) atoms. The number of carbonyl (C=O) groups is 2. The summed E-state index contributed by atoms with van der Waals surface area (Å²) in [5.41, 5.74) is 0.483. The molecule has 0 amide bonds. The average molecular weight is 428 g/mol. The maximum Gasteiger partial charge on any atom is 0.137 e. The van der Waals surface area contributed by atoms with Gasteiger partial charge in [-0.3, -0.25) is 9.59 Å². The highest BCUT2D eigenvalue weighted by Crippen LogP contribution is 2.67. The predicted molar refractivity (Wildman–Crippen MR) is 125 cm³/mol. The molecule has 174 valence electrons. The van der Waals surface area contributed by atoms with Crippen LogP contribution in [0, 0.1) is 52.3 Å². The molecule has 10 unspecified atom stereocenters. The van der Waals surface area contributed by atoms with Crippen LogP contribution in [0.2, 0.25) is 0 Å². The molecule has 3 nitrogen and oxygen atoms in total.